The molecule has 0 aliphatic carbocycles. The predicted molar refractivity (Wildman–Crippen MR) is 83.5 cm³/mol. The van der Waals surface area contributed by atoms with Crippen LogP contribution < -0.4 is 4.74 Å². The molecule has 2 aromatic heterocycles. The number of hydrogen-bond acceptors (Lipinski definition) is 4. The Bertz CT molecular complexity index is 840. The van der Waals surface area contributed by atoms with Gasteiger partial charge in [-0.2, -0.15) is 0 Å². The summed E-state index contributed by atoms with van der Waals surface area (Å²) in [6.45, 7) is 5.97. The molecule has 1 N–H and O–H groups in total. The van der Waals surface area contributed by atoms with Gasteiger partial charge in [0.1, 0.15) is 11.5 Å². The van der Waals surface area contributed by atoms with Crippen molar-refractivity contribution in [1.29, 1.82) is 0 Å². The second-order valence-electron chi connectivity index (χ2n) is 5.10. The number of aromatic nitrogens is 3. The molecular formula is C15H17N3O2S. The Kier molecular flexibility index (Phi) is 3.33. The Balaban J connectivity index is 2.21. The van der Waals surface area contributed by atoms with Gasteiger partial charge in [-0.3, -0.25) is 0 Å². The van der Waals surface area contributed by atoms with E-state index < -0.39 is 0 Å². The Morgan fingerprint density at radius 1 is 1.38 bits per heavy atom. The number of nitrogens with zero attached hydrogens (tertiary/aromatic N) is 2. The molecule has 0 fully saturated rings. The second kappa shape index (κ2) is 5.04. The molecule has 21 heavy (non-hydrogen) atoms. The molecule has 3 aromatic rings. The lowest BCUT2D eigenvalue weighted by Gasteiger charge is -2.14. The molecule has 1 atom stereocenters. The van der Waals surface area contributed by atoms with Crippen molar-refractivity contribution in [2.75, 3.05) is 7.11 Å². The molecule has 0 aliphatic heterocycles. The van der Waals surface area contributed by atoms with Crippen LogP contribution in [0, 0.1) is 18.6 Å². The lowest BCUT2D eigenvalue weighted by molar-refractivity contribution is 0.391. The van der Waals surface area contributed by atoms with Crippen molar-refractivity contribution in [3.63, 3.8) is 0 Å². The number of aryl methyl sites for hydroxylation is 2. The van der Waals surface area contributed by atoms with E-state index in [0.717, 1.165) is 33.8 Å². The normalized spacial score (nSPS) is 12.8. The van der Waals surface area contributed by atoms with Crippen LogP contribution in [0.3, 0.4) is 0 Å². The molecule has 0 aliphatic rings. The third-order valence-corrected chi connectivity index (χ3v) is 4.12. The van der Waals surface area contributed by atoms with Gasteiger partial charge < -0.3 is 18.8 Å². The summed E-state index contributed by atoms with van der Waals surface area (Å²) in [4.78, 5) is 3.23. The fourth-order valence-electron chi connectivity index (χ4n) is 2.84. The van der Waals surface area contributed by atoms with Gasteiger partial charge in [-0.15, -0.1) is 0 Å². The zero-order valence-corrected chi connectivity index (χ0v) is 13.2. The van der Waals surface area contributed by atoms with Crippen LogP contribution in [-0.2, 0) is 0 Å². The van der Waals surface area contributed by atoms with E-state index in [2.05, 4.69) is 21.6 Å². The van der Waals surface area contributed by atoms with Crippen LogP contribution in [0.4, 0.5) is 0 Å². The minimum atomic E-state index is 0.0471. The van der Waals surface area contributed by atoms with E-state index in [0.29, 0.717) is 4.77 Å². The molecule has 0 radical (unpaired) electrons. The Morgan fingerprint density at radius 2 is 2.14 bits per heavy atom. The highest BCUT2D eigenvalue weighted by Crippen LogP contribution is 2.29. The maximum Gasteiger partial charge on any atom is 0.178 e. The number of nitrogens with one attached hydrogen (secondary N) is 1. The van der Waals surface area contributed by atoms with E-state index >= 15 is 0 Å². The number of aromatic amines is 1. The van der Waals surface area contributed by atoms with Crippen LogP contribution in [0.25, 0.3) is 11.0 Å². The van der Waals surface area contributed by atoms with Crippen molar-refractivity contribution in [3.05, 3.63) is 40.0 Å². The molecule has 0 amide bonds. The number of methoxy groups -OCH3 is 1. The van der Waals surface area contributed by atoms with Crippen LogP contribution in [0.1, 0.15) is 30.0 Å². The van der Waals surface area contributed by atoms with Crippen molar-refractivity contribution in [1.82, 2.24) is 14.7 Å². The van der Waals surface area contributed by atoms with Crippen molar-refractivity contribution < 1.29 is 9.26 Å². The van der Waals surface area contributed by atoms with Gasteiger partial charge in [-0.05, 0) is 45.1 Å². The van der Waals surface area contributed by atoms with Crippen molar-refractivity contribution >= 4 is 23.3 Å². The lowest BCUT2D eigenvalue weighted by Crippen LogP contribution is -2.08. The zero-order valence-electron chi connectivity index (χ0n) is 12.4. The highest BCUT2D eigenvalue weighted by molar-refractivity contribution is 7.71. The van der Waals surface area contributed by atoms with E-state index in [4.69, 9.17) is 21.5 Å². The van der Waals surface area contributed by atoms with Crippen LogP contribution in [-0.4, -0.2) is 21.8 Å². The van der Waals surface area contributed by atoms with E-state index in [1.807, 2.05) is 32.0 Å². The summed E-state index contributed by atoms with van der Waals surface area (Å²) in [6.07, 6.45) is 0. The average Bonchev–Trinajstić information content (AvgIpc) is 2.96. The molecule has 1 unspecified atom stereocenters. The van der Waals surface area contributed by atoms with Gasteiger partial charge in [-0.1, -0.05) is 5.16 Å². The Morgan fingerprint density at radius 3 is 2.76 bits per heavy atom. The van der Waals surface area contributed by atoms with Gasteiger partial charge in [0.05, 0.1) is 29.9 Å². The highest BCUT2D eigenvalue weighted by Gasteiger charge is 2.20. The zero-order chi connectivity index (χ0) is 15.1. The molecule has 0 saturated carbocycles. The van der Waals surface area contributed by atoms with Crippen molar-refractivity contribution in [2.45, 2.75) is 26.8 Å². The summed E-state index contributed by atoms with van der Waals surface area (Å²) in [5.41, 5.74) is 3.96. The largest absolute Gasteiger partial charge is 0.497 e. The first-order chi connectivity index (χ1) is 10.0. The highest BCUT2D eigenvalue weighted by atomic mass is 32.1. The fraction of sp³-hybridized carbons (Fsp3) is 0.333. The standard InChI is InChI=1S/C15H17N3O2S/c1-8-14(10(3)20-17-8)9(2)18-13-6-5-11(19-4)7-12(13)16-15(18)21/h5-7,9H,1-4H3,(H,16,21). The first kappa shape index (κ1) is 13.9. The molecule has 2 heterocycles. The third kappa shape index (κ3) is 2.15. The van der Waals surface area contributed by atoms with Gasteiger partial charge in [-0.25, -0.2) is 0 Å². The monoisotopic (exact) mass is 303 g/mol. The number of fused-ring (bicyclic) bond motifs is 1. The van der Waals surface area contributed by atoms with E-state index in [-0.39, 0.29) is 6.04 Å². The van der Waals surface area contributed by atoms with Crippen LogP contribution in [0.2, 0.25) is 0 Å². The molecule has 0 bridgehead atoms. The summed E-state index contributed by atoms with van der Waals surface area (Å²) in [5, 5.41) is 4.03. The maximum absolute atomic E-state index is 5.48. The predicted octanol–water partition coefficient (Wildman–Crippen LogP) is 3.92. The first-order valence-electron chi connectivity index (χ1n) is 6.74. The molecule has 5 nitrogen and oxygen atoms in total. The fourth-order valence-corrected chi connectivity index (χ4v) is 3.20. The van der Waals surface area contributed by atoms with Crippen LogP contribution >= 0.6 is 12.2 Å². The van der Waals surface area contributed by atoms with Crippen molar-refractivity contribution in [2.24, 2.45) is 0 Å². The van der Waals surface area contributed by atoms with E-state index in [1.54, 1.807) is 7.11 Å². The molecule has 1 aromatic carbocycles. The number of H-pyrrole nitrogens is 1. The number of ether oxygens (including phenoxy) is 1. The van der Waals surface area contributed by atoms with Crippen LogP contribution in [0.5, 0.6) is 5.75 Å². The number of imidazole rings is 1. The summed E-state index contributed by atoms with van der Waals surface area (Å²) in [5.74, 6) is 1.63. The molecule has 110 valence electrons. The topological polar surface area (TPSA) is 56.0 Å². The summed E-state index contributed by atoms with van der Waals surface area (Å²) in [7, 11) is 1.65. The second-order valence-corrected chi connectivity index (χ2v) is 5.48. The van der Waals surface area contributed by atoms with E-state index in [9.17, 15) is 0 Å². The number of benzene rings is 1. The summed E-state index contributed by atoms with van der Waals surface area (Å²) < 4.78 is 13.3. The quantitative estimate of drug-likeness (QED) is 0.745. The van der Waals surface area contributed by atoms with Gasteiger partial charge >= 0.3 is 0 Å². The minimum absolute atomic E-state index is 0.0471. The van der Waals surface area contributed by atoms with Gasteiger partial charge in [0.2, 0.25) is 0 Å². The maximum atomic E-state index is 5.48. The summed E-state index contributed by atoms with van der Waals surface area (Å²) >= 11 is 5.48. The summed E-state index contributed by atoms with van der Waals surface area (Å²) in [6, 6.07) is 5.93. The Hall–Kier alpha value is -2.08. The molecule has 3 rings (SSSR count). The lowest BCUT2D eigenvalue weighted by atomic mass is 10.1. The first-order valence-corrected chi connectivity index (χ1v) is 7.14. The van der Waals surface area contributed by atoms with Crippen molar-refractivity contribution in [3.8, 4) is 5.75 Å². The smallest absolute Gasteiger partial charge is 0.178 e. The molecule has 6 heteroatoms. The SMILES string of the molecule is COc1ccc2c(c1)[nH]c(=S)n2C(C)c1c(C)noc1C. The minimum Gasteiger partial charge on any atom is -0.497 e. The van der Waals surface area contributed by atoms with Crippen LogP contribution in [0.15, 0.2) is 22.7 Å². The third-order valence-electron chi connectivity index (χ3n) is 3.82. The van der Waals surface area contributed by atoms with Gasteiger partial charge in [0.15, 0.2) is 4.77 Å². The number of rotatable bonds is 3. The Labute approximate surface area is 127 Å². The molecule has 0 saturated heterocycles. The average molecular weight is 303 g/mol. The van der Waals surface area contributed by atoms with E-state index in [1.165, 1.54) is 0 Å². The van der Waals surface area contributed by atoms with Gasteiger partial charge in [0.25, 0.3) is 0 Å². The van der Waals surface area contributed by atoms with Gasteiger partial charge in [0, 0.05) is 11.6 Å². The molecule has 0 spiro atoms. The number of hydrogen-bond donors (Lipinski definition) is 1. The molecular weight excluding hydrogens is 286 g/mol.